The minimum absolute atomic E-state index is 0.847. The van der Waals surface area contributed by atoms with Crippen molar-refractivity contribution in [2.24, 2.45) is 0 Å². The van der Waals surface area contributed by atoms with Gasteiger partial charge in [0.2, 0.25) is 0 Å². The summed E-state index contributed by atoms with van der Waals surface area (Å²) in [6, 6.07) is 77.6. The van der Waals surface area contributed by atoms with Gasteiger partial charge in [-0.15, -0.1) is 11.3 Å². The van der Waals surface area contributed by atoms with Crippen molar-refractivity contribution in [3.05, 3.63) is 231 Å². The van der Waals surface area contributed by atoms with E-state index in [0.29, 0.717) is 0 Å². The van der Waals surface area contributed by atoms with Crippen molar-refractivity contribution in [2.45, 2.75) is 0 Å². The predicted octanol–water partition coefficient (Wildman–Crippen LogP) is 17.0. The summed E-state index contributed by atoms with van der Waals surface area (Å²) in [5.41, 5.74) is 12.3. The lowest BCUT2D eigenvalue weighted by Gasteiger charge is -2.30. The van der Waals surface area contributed by atoms with Crippen LogP contribution in [-0.2, 0) is 0 Å². The van der Waals surface area contributed by atoms with E-state index in [1.54, 1.807) is 0 Å². The van der Waals surface area contributed by atoms with Gasteiger partial charge in [0.15, 0.2) is 5.58 Å². The van der Waals surface area contributed by atoms with E-state index in [9.17, 15) is 0 Å². The molecule has 0 aliphatic rings. The van der Waals surface area contributed by atoms with Gasteiger partial charge in [0.05, 0.1) is 11.4 Å². The molecule has 0 bridgehead atoms. The van der Waals surface area contributed by atoms with Gasteiger partial charge in [-0.2, -0.15) is 0 Å². The van der Waals surface area contributed by atoms with Crippen molar-refractivity contribution in [3.8, 4) is 0 Å². The molecule has 0 N–H and O–H groups in total. The molecule has 11 rings (SSSR count). The lowest BCUT2D eigenvalue weighted by molar-refractivity contribution is 0.669. The van der Waals surface area contributed by atoms with E-state index < -0.39 is 0 Å². The number of benzene rings is 9. The predicted molar refractivity (Wildman–Crippen MR) is 261 cm³/mol. The first-order chi connectivity index (χ1) is 30.2. The number of hydrogen-bond donors (Lipinski definition) is 0. The molecule has 11 aromatic rings. The van der Waals surface area contributed by atoms with Gasteiger partial charge in [0.25, 0.3) is 0 Å². The molecule has 0 amide bonds. The van der Waals surface area contributed by atoms with Crippen LogP contribution in [0, 0.1) is 0 Å². The minimum Gasteiger partial charge on any atom is -0.454 e. The van der Waals surface area contributed by atoms with Crippen LogP contribution < -0.4 is 14.7 Å². The summed E-state index contributed by atoms with van der Waals surface area (Å²) in [5.74, 6) is 0. The van der Waals surface area contributed by atoms with Crippen LogP contribution in [0.3, 0.4) is 0 Å². The van der Waals surface area contributed by atoms with Gasteiger partial charge in [-0.3, -0.25) is 0 Å². The van der Waals surface area contributed by atoms with Gasteiger partial charge in [-0.1, -0.05) is 128 Å². The van der Waals surface area contributed by atoms with Crippen molar-refractivity contribution in [3.63, 3.8) is 0 Å². The van der Waals surface area contributed by atoms with Crippen LogP contribution in [0.4, 0.5) is 51.2 Å². The maximum absolute atomic E-state index is 6.72. The standard InChI is InChI=1S/C56H39N3OS/c1-2-39-30-32-44(33-31-39)57(40-18-7-3-8-19-40)45-34-35-53-49(36-45)55-51(58(41-20-9-4-10-21-41)42-22-11-5-12-23-42)37-46(38-54(55)61-53)59(43-24-13-6-14-25-43)50-28-17-27-48-47-26-15-16-29-52(47)60-56(48)50/h2-38H,1H2. The number of hydrogen-bond acceptors (Lipinski definition) is 5. The average molecular weight is 802 g/mol. The molecule has 0 radical (unpaired) electrons. The summed E-state index contributed by atoms with van der Waals surface area (Å²) in [5, 5.41) is 4.56. The Kier molecular flexibility index (Phi) is 9.14. The second kappa shape index (κ2) is 15.4. The molecule has 4 nitrogen and oxygen atoms in total. The van der Waals surface area contributed by atoms with Crippen LogP contribution in [0.2, 0.25) is 0 Å². The third kappa shape index (κ3) is 6.49. The Hall–Kier alpha value is -7.86. The molecular formula is C56H39N3OS. The van der Waals surface area contributed by atoms with Crippen LogP contribution in [0.1, 0.15) is 5.56 Å². The average Bonchev–Trinajstić information content (AvgIpc) is 3.90. The molecule has 0 spiro atoms. The molecule has 61 heavy (non-hydrogen) atoms. The summed E-state index contributed by atoms with van der Waals surface area (Å²) in [6.07, 6.45) is 1.89. The summed E-state index contributed by atoms with van der Waals surface area (Å²) in [6.45, 7) is 3.99. The smallest absolute Gasteiger partial charge is 0.159 e. The van der Waals surface area contributed by atoms with Crippen LogP contribution >= 0.6 is 11.3 Å². The number of para-hydroxylation sites is 6. The summed E-state index contributed by atoms with van der Waals surface area (Å²) < 4.78 is 9.11. The maximum Gasteiger partial charge on any atom is 0.159 e. The molecule has 2 aromatic heterocycles. The Balaban J connectivity index is 1.21. The molecule has 9 aromatic carbocycles. The third-order valence-electron chi connectivity index (χ3n) is 11.3. The Morgan fingerprint density at radius 3 is 1.52 bits per heavy atom. The van der Waals surface area contributed by atoms with Gasteiger partial charge in [0.1, 0.15) is 5.58 Å². The molecule has 0 aliphatic heterocycles. The third-order valence-corrected chi connectivity index (χ3v) is 12.5. The molecule has 0 atom stereocenters. The molecule has 290 valence electrons. The van der Waals surface area contributed by atoms with Gasteiger partial charge in [-0.25, -0.2) is 0 Å². The number of nitrogens with zero attached hydrogens (tertiary/aromatic N) is 3. The largest absolute Gasteiger partial charge is 0.454 e. The van der Waals surface area contributed by atoms with E-state index in [1.165, 1.54) is 20.2 Å². The molecule has 0 unspecified atom stereocenters. The van der Waals surface area contributed by atoms with Crippen molar-refractivity contribution >= 4 is 111 Å². The van der Waals surface area contributed by atoms with E-state index in [2.05, 4.69) is 234 Å². The molecule has 0 fully saturated rings. The number of fused-ring (bicyclic) bond motifs is 6. The summed E-state index contributed by atoms with van der Waals surface area (Å²) in [7, 11) is 0. The van der Waals surface area contributed by atoms with Crippen LogP contribution in [0.25, 0.3) is 48.2 Å². The minimum atomic E-state index is 0.847. The van der Waals surface area contributed by atoms with Gasteiger partial charge in [0, 0.05) is 70.8 Å². The van der Waals surface area contributed by atoms with Crippen molar-refractivity contribution in [1.29, 1.82) is 0 Å². The number of rotatable bonds is 10. The highest BCUT2D eigenvalue weighted by Gasteiger charge is 2.25. The van der Waals surface area contributed by atoms with Crippen LogP contribution in [0.15, 0.2) is 229 Å². The van der Waals surface area contributed by atoms with E-state index >= 15 is 0 Å². The Morgan fingerprint density at radius 2 is 0.902 bits per heavy atom. The second-order valence-electron chi connectivity index (χ2n) is 15.0. The highest BCUT2D eigenvalue weighted by molar-refractivity contribution is 7.26. The zero-order valence-electron chi connectivity index (χ0n) is 33.2. The number of anilines is 9. The quantitative estimate of drug-likeness (QED) is 0.137. The van der Waals surface area contributed by atoms with E-state index in [0.717, 1.165) is 78.7 Å². The summed E-state index contributed by atoms with van der Waals surface area (Å²) >= 11 is 1.82. The highest BCUT2D eigenvalue weighted by Crippen LogP contribution is 2.51. The first kappa shape index (κ1) is 36.2. The van der Waals surface area contributed by atoms with Gasteiger partial charge >= 0.3 is 0 Å². The number of thiophene rings is 1. The monoisotopic (exact) mass is 801 g/mol. The SMILES string of the molecule is C=Cc1ccc(N(c2ccccc2)c2ccc3sc4cc(N(c5ccccc5)c5cccc6c5oc5ccccc56)cc(N(c5ccccc5)c5ccccc5)c4c3c2)cc1. The maximum atomic E-state index is 6.72. The van der Waals surface area contributed by atoms with E-state index in [1.807, 2.05) is 23.5 Å². The van der Waals surface area contributed by atoms with Gasteiger partial charge in [-0.05, 0) is 109 Å². The van der Waals surface area contributed by atoms with Crippen LogP contribution in [-0.4, -0.2) is 0 Å². The molecule has 5 heteroatoms. The topological polar surface area (TPSA) is 22.9 Å². The van der Waals surface area contributed by atoms with Crippen molar-refractivity contribution in [1.82, 2.24) is 0 Å². The molecular weight excluding hydrogens is 763 g/mol. The number of furan rings is 1. The fraction of sp³-hybridized carbons (Fsp3) is 0. The lowest BCUT2D eigenvalue weighted by Crippen LogP contribution is -2.13. The fourth-order valence-electron chi connectivity index (χ4n) is 8.58. The molecule has 0 saturated carbocycles. The molecule has 0 saturated heterocycles. The van der Waals surface area contributed by atoms with Crippen molar-refractivity contribution < 1.29 is 4.42 Å². The zero-order chi connectivity index (χ0) is 40.7. The van der Waals surface area contributed by atoms with E-state index in [4.69, 9.17) is 4.42 Å². The normalized spacial score (nSPS) is 11.3. The van der Waals surface area contributed by atoms with E-state index in [-0.39, 0.29) is 0 Å². The first-order valence-corrected chi connectivity index (χ1v) is 21.3. The van der Waals surface area contributed by atoms with Gasteiger partial charge < -0.3 is 19.1 Å². The first-order valence-electron chi connectivity index (χ1n) is 20.5. The Bertz CT molecular complexity index is 3280. The molecule has 2 heterocycles. The zero-order valence-corrected chi connectivity index (χ0v) is 34.0. The summed E-state index contributed by atoms with van der Waals surface area (Å²) in [4.78, 5) is 7.08. The Morgan fingerprint density at radius 1 is 0.377 bits per heavy atom. The second-order valence-corrected chi connectivity index (χ2v) is 16.1. The van der Waals surface area contributed by atoms with Crippen LogP contribution in [0.5, 0.6) is 0 Å². The Labute approximate surface area is 358 Å². The molecule has 0 aliphatic carbocycles. The highest BCUT2D eigenvalue weighted by atomic mass is 32.1. The fourth-order valence-corrected chi connectivity index (χ4v) is 9.72. The lowest BCUT2D eigenvalue weighted by atomic mass is 10.0. The van der Waals surface area contributed by atoms with Crippen molar-refractivity contribution in [2.75, 3.05) is 14.7 Å².